The second-order valence-electron chi connectivity index (χ2n) is 19.1. The van der Waals surface area contributed by atoms with E-state index in [1.807, 2.05) is 51.2 Å². The molecule has 8 nitrogen and oxygen atoms in total. The van der Waals surface area contributed by atoms with Crippen molar-refractivity contribution in [3.05, 3.63) is 266 Å². The van der Waals surface area contributed by atoms with E-state index in [1.54, 1.807) is 33.4 Å². The highest BCUT2D eigenvalue weighted by Crippen LogP contribution is 2.32. The average molecular weight is 1000 g/mol. The van der Waals surface area contributed by atoms with Crippen LogP contribution in [0.25, 0.3) is 45.2 Å². The number of fused-ring (bicyclic) bond motifs is 1. The third-order valence-electron chi connectivity index (χ3n) is 13.2. The molecule has 0 radical (unpaired) electrons. The van der Waals surface area contributed by atoms with Crippen molar-refractivity contribution in [3.63, 3.8) is 0 Å². The second kappa shape index (κ2) is 27.6. The molecule has 76 heavy (non-hydrogen) atoms. The number of hydrogen-bond acceptors (Lipinski definition) is 6. The zero-order valence-corrected chi connectivity index (χ0v) is 45.5. The van der Waals surface area contributed by atoms with Crippen molar-refractivity contribution >= 4 is 45.5 Å². The Bertz CT molecular complexity index is 3300. The first-order valence-corrected chi connectivity index (χ1v) is 26.5. The Morgan fingerprint density at radius 3 is 2.21 bits per heavy atom. The van der Waals surface area contributed by atoms with Gasteiger partial charge in [-0.1, -0.05) is 160 Å². The van der Waals surface area contributed by atoms with Crippen LogP contribution in [0, 0.1) is 12.8 Å². The summed E-state index contributed by atoms with van der Waals surface area (Å²) >= 11 is 0. The fourth-order valence-electron chi connectivity index (χ4n) is 9.29. The zero-order chi connectivity index (χ0) is 53.8. The highest BCUT2D eigenvalue weighted by atomic mass is 15.5. The van der Waals surface area contributed by atoms with Crippen molar-refractivity contribution in [2.45, 2.75) is 86.5 Å². The summed E-state index contributed by atoms with van der Waals surface area (Å²) in [4.78, 5) is 7.77. The number of rotatable bonds is 23. The fourth-order valence-corrected chi connectivity index (χ4v) is 9.29. The Kier molecular flexibility index (Phi) is 20.0. The lowest BCUT2D eigenvalue weighted by Gasteiger charge is -2.28. The van der Waals surface area contributed by atoms with E-state index >= 15 is 0 Å². The lowest BCUT2D eigenvalue weighted by Crippen LogP contribution is -2.20. The van der Waals surface area contributed by atoms with Crippen molar-refractivity contribution in [2.24, 2.45) is 5.92 Å². The highest BCUT2D eigenvalue weighted by Gasteiger charge is 2.16. The minimum atomic E-state index is 0.594. The van der Waals surface area contributed by atoms with Gasteiger partial charge in [-0.3, -0.25) is 0 Å². The van der Waals surface area contributed by atoms with E-state index in [0.29, 0.717) is 12.3 Å². The van der Waals surface area contributed by atoms with Gasteiger partial charge in [0.25, 0.3) is 0 Å². The van der Waals surface area contributed by atoms with Gasteiger partial charge in [0, 0.05) is 47.5 Å². The maximum absolute atomic E-state index is 4.99. The first kappa shape index (κ1) is 55.1. The maximum Gasteiger partial charge on any atom is 0.115 e. The van der Waals surface area contributed by atoms with Gasteiger partial charge >= 0.3 is 0 Å². The summed E-state index contributed by atoms with van der Waals surface area (Å²) in [5, 5.41) is 19.1. The second-order valence-corrected chi connectivity index (χ2v) is 19.1. The fraction of sp³-hybridized carbons (Fsp3) is 0.206. The van der Waals surface area contributed by atoms with E-state index in [9.17, 15) is 0 Å². The Balaban J connectivity index is 1.10. The lowest BCUT2D eigenvalue weighted by atomic mass is 9.90. The van der Waals surface area contributed by atoms with Gasteiger partial charge in [-0.15, -0.1) is 15.3 Å². The van der Waals surface area contributed by atoms with E-state index in [4.69, 9.17) is 10.2 Å². The SMILES string of the molecule is C=C/C=C(\C=C/C)N(C(=C)C/C=C\c1nn(/C(C)=C/C=C)nc1C)c1ccc(-c2ccc(C(/C=C\C)=C/C=C/N(C3=CC=C(C)C=CC3)c3ccc4nn(C(/C=C\CCC5=CC(C)CCC5)=C/C=C)nc4c3)cc2)cc1. The predicted octanol–water partition coefficient (Wildman–Crippen LogP) is 18.0. The van der Waals surface area contributed by atoms with E-state index in [0.717, 1.165) is 104 Å². The van der Waals surface area contributed by atoms with E-state index in [2.05, 4.69) is 219 Å². The molecule has 2 aromatic heterocycles. The molecule has 0 aliphatic heterocycles. The minimum Gasteiger partial charge on any atom is -0.321 e. The molecule has 2 heterocycles. The monoisotopic (exact) mass is 1000 g/mol. The summed E-state index contributed by atoms with van der Waals surface area (Å²) in [5.41, 5.74) is 17.3. The van der Waals surface area contributed by atoms with Crippen LogP contribution in [-0.4, -0.2) is 30.0 Å². The number of hydrogen-bond donors (Lipinski definition) is 0. The number of benzene rings is 3. The molecule has 0 bridgehead atoms. The number of nitrogens with zero attached hydrogens (tertiary/aromatic N) is 8. The topological polar surface area (TPSA) is 67.9 Å². The van der Waals surface area contributed by atoms with Gasteiger partial charge < -0.3 is 9.80 Å². The molecule has 0 saturated carbocycles. The van der Waals surface area contributed by atoms with Crippen LogP contribution in [0.2, 0.25) is 0 Å². The molecular formula is C68H74N8. The van der Waals surface area contributed by atoms with Crippen molar-refractivity contribution < 1.29 is 0 Å². The van der Waals surface area contributed by atoms with Crippen molar-refractivity contribution in [1.29, 1.82) is 0 Å². The smallest absolute Gasteiger partial charge is 0.115 e. The van der Waals surface area contributed by atoms with Crippen LogP contribution in [0.1, 0.15) is 96.5 Å². The Labute approximate surface area is 452 Å². The van der Waals surface area contributed by atoms with Crippen molar-refractivity contribution in [3.8, 4) is 11.1 Å². The zero-order valence-electron chi connectivity index (χ0n) is 45.5. The molecule has 2 aliphatic rings. The van der Waals surface area contributed by atoms with Gasteiger partial charge in [0.1, 0.15) is 16.7 Å². The Hall–Kier alpha value is -8.62. The first-order chi connectivity index (χ1) is 37.0. The Morgan fingerprint density at radius 1 is 0.763 bits per heavy atom. The molecule has 0 spiro atoms. The van der Waals surface area contributed by atoms with E-state index < -0.39 is 0 Å². The van der Waals surface area contributed by atoms with Gasteiger partial charge in [-0.05, 0) is 174 Å². The standard InChI is InChI=1S/C68H74N8/c1-11-22-54(9)75-69-55(10)66(70-75)35-20-29-53(8)74(62(24-13-3)25-14-4)63-44-41-60(42-45-63)59-39-37-58(38-40-59)57(23-12-2)32-21-48-73(61-34-19-27-51(6)36-43-61)65-46-47-67-68(50-65)72-76(71-67)64(26-15-5)33-17-16-30-56-31-18-28-52(7)49-56/h11-15,17,19-27,32-33,35-50,52H,1,3,5,8,16,18,28-31,34H2,2,4,6-7,9-10H3/b23-12-,25-14-,33-17-,35-20-,48-21+,54-22+,57-32+,62-24+,64-26+. The van der Waals surface area contributed by atoms with Gasteiger partial charge in [0.2, 0.25) is 0 Å². The molecule has 8 heteroatoms. The third kappa shape index (κ3) is 14.8. The molecule has 386 valence electrons. The number of aromatic nitrogens is 6. The average Bonchev–Trinajstić information content (AvgIpc) is 3.95. The largest absolute Gasteiger partial charge is 0.321 e. The molecule has 3 aromatic carbocycles. The molecule has 1 atom stereocenters. The molecule has 7 rings (SSSR count). The first-order valence-electron chi connectivity index (χ1n) is 26.5. The lowest BCUT2D eigenvalue weighted by molar-refractivity contribution is 0.557. The predicted molar refractivity (Wildman–Crippen MR) is 327 cm³/mol. The number of anilines is 2. The van der Waals surface area contributed by atoms with Gasteiger partial charge in [0.15, 0.2) is 0 Å². The minimum absolute atomic E-state index is 0.594. The van der Waals surface area contributed by atoms with Gasteiger partial charge in [-0.2, -0.15) is 14.7 Å². The van der Waals surface area contributed by atoms with Crippen LogP contribution in [0.4, 0.5) is 11.4 Å². The van der Waals surface area contributed by atoms with Crippen LogP contribution in [-0.2, 0) is 0 Å². The van der Waals surface area contributed by atoms with Crippen LogP contribution in [0.15, 0.2) is 249 Å². The van der Waals surface area contributed by atoms with Crippen LogP contribution in [0.5, 0.6) is 0 Å². The summed E-state index contributed by atoms with van der Waals surface area (Å²) in [7, 11) is 0. The van der Waals surface area contributed by atoms with Crippen molar-refractivity contribution in [1.82, 2.24) is 30.0 Å². The molecule has 1 unspecified atom stereocenters. The van der Waals surface area contributed by atoms with E-state index in [-0.39, 0.29) is 0 Å². The molecule has 0 fully saturated rings. The quantitative estimate of drug-likeness (QED) is 0.0480. The molecule has 0 saturated heterocycles. The van der Waals surface area contributed by atoms with Crippen LogP contribution in [0.3, 0.4) is 0 Å². The summed E-state index contributed by atoms with van der Waals surface area (Å²) < 4.78 is 0. The molecule has 5 aromatic rings. The summed E-state index contributed by atoms with van der Waals surface area (Å²) in [6, 6.07) is 23.7. The molecule has 2 aliphatic carbocycles. The number of aryl methyl sites for hydroxylation is 1. The van der Waals surface area contributed by atoms with Crippen LogP contribution < -0.4 is 9.80 Å². The number of allylic oxidation sites excluding steroid dienone is 25. The van der Waals surface area contributed by atoms with Gasteiger partial charge in [0.05, 0.1) is 17.1 Å². The normalized spacial score (nSPS) is 16.0. The van der Waals surface area contributed by atoms with E-state index in [1.165, 1.54) is 24.8 Å². The van der Waals surface area contributed by atoms with Crippen molar-refractivity contribution in [2.75, 3.05) is 9.80 Å². The third-order valence-corrected chi connectivity index (χ3v) is 13.2. The van der Waals surface area contributed by atoms with Gasteiger partial charge in [-0.25, -0.2) is 0 Å². The summed E-state index contributed by atoms with van der Waals surface area (Å²) in [6.45, 7) is 28.7. The molecule has 0 N–H and O–H groups in total. The summed E-state index contributed by atoms with van der Waals surface area (Å²) in [6.07, 6.45) is 52.9. The maximum atomic E-state index is 4.99. The Morgan fingerprint density at radius 2 is 1.49 bits per heavy atom. The molecule has 0 amide bonds. The highest BCUT2D eigenvalue weighted by molar-refractivity contribution is 5.81. The summed E-state index contributed by atoms with van der Waals surface area (Å²) in [5.74, 6) is 0.683. The molecular weight excluding hydrogens is 929 g/mol. The van der Waals surface area contributed by atoms with Crippen LogP contribution >= 0.6 is 0 Å².